The first-order chi connectivity index (χ1) is 8.26. The van der Waals surface area contributed by atoms with Crippen LogP contribution in [0.2, 0.25) is 0 Å². The normalized spacial score (nSPS) is 29.9. The second-order valence-corrected chi connectivity index (χ2v) is 4.54. The van der Waals surface area contributed by atoms with Crippen molar-refractivity contribution in [2.45, 2.75) is 31.0 Å². The van der Waals surface area contributed by atoms with Crippen molar-refractivity contribution in [2.75, 3.05) is 0 Å². The lowest BCUT2D eigenvalue weighted by molar-refractivity contribution is 0.0162. The first-order valence-corrected chi connectivity index (χ1v) is 5.85. The summed E-state index contributed by atoms with van der Waals surface area (Å²) in [5.41, 5.74) is 1.67. The number of hydrogen-bond donors (Lipinski definition) is 0. The van der Waals surface area contributed by atoms with E-state index < -0.39 is 11.8 Å². The minimum Gasteiger partial charge on any atom is -0.426 e. The minimum atomic E-state index is -0.645. The quantitative estimate of drug-likeness (QED) is 0.579. The third-order valence-corrected chi connectivity index (χ3v) is 3.62. The van der Waals surface area contributed by atoms with Crippen molar-refractivity contribution in [3.63, 3.8) is 0 Å². The van der Waals surface area contributed by atoms with Gasteiger partial charge in [0, 0.05) is 12.0 Å². The highest BCUT2D eigenvalue weighted by Gasteiger charge is 2.54. The molecule has 17 heavy (non-hydrogen) atoms. The first kappa shape index (κ1) is 10.4. The van der Waals surface area contributed by atoms with Gasteiger partial charge >= 0.3 is 6.16 Å². The van der Waals surface area contributed by atoms with Crippen LogP contribution in [0.3, 0.4) is 0 Å². The molecule has 0 saturated carbocycles. The lowest BCUT2D eigenvalue weighted by atomic mass is 9.75. The number of rotatable bonds is 2. The number of aryl methyl sites for hydroxylation is 1. The van der Waals surface area contributed by atoms with E-state index in [1.54, 1.807) is 6.08 Å². The lowest BCUT2D eigenvalue weighted by Crippen LogP contribution is -2.40. The summed E-state index contributed by atoms with van der Waals surface area (Å²) in [5, 5.41) is 0. The summed E-state index contributed by atoms with van der Waals surface area (Å²) in [4.78, 5) is 11.4. The van der Waals surface area contributed by atoms with Gasteiger partial charge in [-0.25, -0.2) is 4.79 Å². The molecule has 3 nitrogen and oxygen atoms in total. The monoisotopic (exact) mass is 230 g/mol. The van der Waals surface area contributed by atoms with Crippen molar-refractivity contribution >= 4 is 6.16 Å². The van der Waals surface area contributed by atoms with Crippen LogP contribution in [0.5, 0.6) is 0 Å². The standard InChI is InChI=1S/C14H14O3/c1-2-9-14-11-6-4-3-5-10(11)7-8-12(14)16-13(15)17-14/h2-6,12H,1,7-9H2/t12-,14-/m1/s1. The van der Waals surface area contributed by atoms with Crippen molar-refractivity contribution in [1.82, 2.24) is 0 Å². The van der Waals surface area contributed by atoms with E-state index in [2.05, 4.69) is 12.6 Å². The van der Waals surface area contributed by atoms with Crippen LogP contribution in [0.15, 0.2) is 36.9 Å². The number of ether oxygens (including phenoxy) is 2. The summed E-state index contributed by atoms with van der Waals surface area (Å²) in [7, 11) is 0. The maximum Gasteiger partial charge on any atom is 0.509 e. The van der Waals surface area contributed by atoms with Gasteiger partial charge < -0.3 is 9.47 Å². The lowest BCUT2D eigenvalue weighted by Gasteiger charge is -2.35. The molecule has 3 heteroatoms. The van der Waals surface area contributed by atoms with Crippen LogP contribution in [-0.2, 0) is 21.5 Å². The summed E-state index contributed by atoms with van der Waals surface area (Å²) in [6.07, 6.45) is 3.39. The Balaban J connectivity index is 2.15. The predicted molar refractivity (Wildman–Crippen MR) is 62.6 cm³/mol. The van der Waals surface area contributed by atoms with E-state index in [0.29, 0.717) is 6.42 Å². The second-order valence-electron chi connectivity index (χ2n) is 4.54. The highest BCUT2D eigenvalue weighted by molar-refractivity contribution is 5.65. The van der Waals surface area contributed by atoms with Gasteiger partial charge in [0.15, 0.2) is 11.7 Å². The molecule has 0 N–H and O–H groups in total. The highest BCUT2D eigenvalue weighted by Crippen LogP contribution is 2.46. The minimum absolute atomic E-state index is 0.178. The Morgan fingerprint density at radius 2 is 2.29 bits per heavy atom. The molecular formula is C14H14O3. The van der Waals surface area contributed by atoms with Crippen molar-refractivity contribution < 1.29 is 14.3 Å². The van der Waals surface area contributed by atoms with Gasteiger partial charge in [-0.05, 0) is 18.4 Å². The number of hydrogen-bond acceptors (Lipinski definition) is 3. The maximum absolute atomic E-state index is 11.4. The molecule has 1 aromatic carbocycles. The van der Waals surface area contributed by atoms with Gasteiger partial charge in [0.1, 0.15) is 0 Å². The molecule has 0 spiro atoms. The van der Waals surface area contributed by atoms with E-state index in [-0.39, 0.29) is 6.10 Å². The van der Waals surface area contributed by atoms with Gasteiger partial charge in [-0.15, -0.1) is 6.58 Å². The number of carbonyl (C=O) groups excluding carboxylic acids is 1. The molecule has 0 unspecified atom stereocenters. The fourth-order valence-electron chi connectivity index (χ4n) is 2.91. The topological polar surface area (TPSA) is 35.5 Å². The summed E-state index contributed by atoms with van der Waals surface area (Å²) < 4.78 is 10.8. The Morgan fingerprint density at radius 3 is 3.12 bits per heavy atom. The van der Waals surface area contributed by atoms with E-state index in [1.165, 1.54) is 5.56 Å². The van der Waals surface area contributed by atoms with Crippen LogP contribution in [-0.4, -0.2) is 12.3 Å². The average molecular weight is 230 g/mol. The van der Waals surface area contributed by atoms with E-state index in [0.717, 1.165) is 18.4 Å². The summed E-state index contributed by atoms with van der Waals surface area (Å²) in [6, 6.07) is 8.09. The van der Waals surface area contributed by atoms with E-state index in [1.807, 2.05) is 18.2 Å². The van der Waals surface area contributed by atoms with E-state index in [4.69, 9.17) is 9.47 Å². The van der Waals surface area contributed by atoms with Gasteiger partial charge in [-0.1, -0.05) is 30.3 Å². The Bertz CT molecular complexity index is 480. The maximum atomic E-state index is 11.4. The van der Waals surface area contributed by atoms with Crippen molar-refractivity contribution in [3.8, 4) is 0 Å². The zero-order chi connectivity index (χ0) is 11.9. The van der Waals surface area contributed by atoms with Crippen LogP contribution < -0.4 is 0 Å². The smallest absolute Gasteiger partial charge is 0.426 e. The molecule has 1 heterocycles. The summed E-state index contributed by atoms with van der Waals surface area (Å²) in [5.74, 6) is 0. The van der Waals surface area contributed by atoms with Gasteiger partial charge in [-0.3, -0.25) is 0 Å². The third kappa shape index (κ3) is 1.38. The summed E-state index contributed by atoms with van der Waals surface area (Å²) in [6.45, 7) is 3.76. The molecule has 0 aromatic heterocycles. The van der Waals surface area contributed by atoms with Gasteiger partial charge in [0.05, 0.1) is 0 Å². The van der Waals surface area contributed by atoms with Crippen molar-refractivity contribution in [2.24, 2.45) is 0 Å². The molecule has 1 saturated heterocycles. The molecule has 2 aliphatic rings. The van der Waals surface area contributed by atoms with Crippen molar-refractivity contribution in [1.29, 1.82) is 0 Å². The van der Waals surface area contributed by atoms with Gasteiger partial charge in [0.25, 0.3) is 0 Å². The van der Waals surface area contributed by atoms with E-state index >= 15 is 0 Å². The second kappa shape index (κ2) is 3.62. The fourth-order valence-corrected chi connectivity index (χ4v) is 2.91. The molecule has 0 bridgehead atoms. The van der Waals surface area contributed by atoms with Crippen molar-refractivity contribution in [3.05, 3.63) is 48.0 Å². The molecule has 1 aromatic rings. The largest absolute Gasteiger partial charge is 0.509 e. The van der Waals surface area contributed by atoms with Crippen LogP contribution in [0.25, 0.3) is 0 Å². The average Bonchev–Trinajstić information content (AvgIpc) is 2.66. The van der Waals surface area contributed by atoms with Crippen LogP contribution >= 0.6 is 0 Å². The third-order valence-electron chi connectivity index (χ3n) is 3.62. The van der Waals surface area contributed by atoms with Gasteiger partial charge in [0.2, 0.25) is 0 Å². The van der Waals surface area contributed by atoms with Gasteiger partial charge in [-0.2, -0.15) is 0 Å². The van der Waals surface area contributed by atoms with Crippen LogP contribution in [0.4, 0.5) is 4.79 Å². The molecular weight excluding hydrogens is 216 g/mol. The molecule has 1 aliphatic carbocycles. The number of carbonyl (C=O) groups is 1. The number of benzene rings is 1. The molecule has 88 valence electrons. The Hall–Kier alpha value is -1.77. The van der Waals surface area contributed by atoms with E-state index in [9.17, 15) is 4.79 Å². The highest BCUT2D eigenvalue weighted by atomic mass is 16.8. The molecule has 1 fully saturated rings. The Labute approximate surface area is 100 Å². The number of fused-ring (bicyclic) bond motifs is 3. The predicted octanol–water partition coefficient (Wildman–Crippen LogP) is 2.94. The Kier molecular flexibility index (Phi) is 2.21. The molecule has 0 radical (unpaired) electrons. The molecule has 0 amide bonds. The fraction of sp³-hybridized carbons (Fsp3) is 0.357. The zero-order valence-corrected chi connectivity index (χ0v) is 9.52. The zero-order valence-electron chi connectivity index (χ0n) is 9.52. The molecule has 1 aliphatic heterocycles. The van der Waals surface area contributed by atoms with Crippen LogP contribution in [0.1, 0.15) is 24.0 Å². The van der Waals surface area contributed by atoms with Crippen LogP contribution in [0, 0.1) is 0 Å². The molecule has 2 atom stereocenters. The summed E-state index contributed by atoms with van der Waals surface area (Å²) >= 11 is 0. The first-order valence-electron chi connectivity index (χ1n) is 5.85. The Morgan fingerprint density at radius 1 is 1.47 bits per heavy atom. The molecule has 3 rings (SSSR count). The SMILES string of the molecule is C=CC[C@]12OC(=O)O[C@@H]1CCc1ccccc12.